The molecule has 1 aromatic rings. The highest BCUT2D eigenvalue weighted by Crippen LogP contribution is 2.34. The Morgan fingerprint density at radius 1 is 1.50 bits per heavy atom. The quantitative estimate of drug-likeness (QED) is 0.552. The molecule has 0 aromatic heterocycles. The molecular formula is C11H16N2O. The number of methoxy groups -OCH3 is 1. The molecule has 1 aromatic carbocycles. The number of hydrogen-bond donors (Lipinski definition) is 2. The van der Waals surface area contributed by atoms with Crippen LogP contribution in [0.1, 0.15) is 30.0 Å². The van der Waals surface area contributed by atoms with Crippen molar-refractivity contribution in [2.45, 2.75) is 25.3 Å². The molecule has 0 saturated heterocycles. The monoisotopic (exact) mass is 192 g/mol. The van der Waals surface area contributed by atoms with Crippen LogP contribution in [0.3, 0.4) is 0 Å². The van der Waals surface area contributed by atoms with E-state index in [2.05, 4.69) is 11.5 Å². The van der Waals surface area contributed by atoms with Crippen LogP contribution in [0.2, 0.25) is 0 Å². The summed E-state index contributed by atoms with van der Waals surface area (Å²) in [5.41, 5.74) is 5.46. The van der Waals surface area contributed by atoms with Gasteiger partial charge in [-0.05, 0) is 36.5 Å². The number of hydrazine groups is 1. The summed E-state index contributed by atoms with van der Waals surface area (Å²) < 4.78 is 5.34. The fourth-order valence-corrected chi connectivity index (χ4v) is 2.18. The topological polar surface area (TPSA) is 47.3 Å². The van der Waals surface area contributed by atoms with Gasteiger partial charge in [-0.2, -0.15) is 0 Å². The molecule has 0 saturated carbocycles. The van der Waals surface area contributed by atoms with Crippen LogP contribution in [0.15, 0.2) is 18.2 Å². The van der Waals surface area contributed by atoms with Crippen LogP contribution >= 0.6 is 0 Å². The van der Waals surface area contributed by atoms with Crippen LogP contribution < -0.4 is 16.0 Å². The number of fused-ring (bicyclic) bond motifs is 1. The lowest BCUT2D eigenvalue weighted by atomic mass is 9.87. The largest absolute Gasteiger partial charge is 0.496 e. The predicted octanol–water partition coefficient (Wildman–Crippen LogP) is 1.54. The highest BCUT2D eigenvalue weighted by molar-refractivity contribution is 5.43. The Kier molecular flexibility index (Phi) is 2.70. The number of nitrogens with one attached hydrogen (secondary N) is 1. The molecule has 0 aliphatic heterocycles. The Bertz CT molecular complexity index is 325. The standard InChI is InChI=1S/C11H16N2O/c1-14-11-7-3-4-8-9(11)5-2-6-10(8)13-12/h3-4,7,10,13H,2,5-6,12H2,1H3/t10-/m1/s1. The van der Waals surface area contributed by atoms with Crippen LogP contribution in [0, 0.1) is 0 Å². The lowest BCUT2D eigenvalue weighted by Gasteiger charge is -2.26. The number of rotatable bonds is 2. The number of ether oxygens (including phenoxy) is 1. The van der Waals surface area contributed by atoms with E-state index in [9.17, 15) is 0 Å². The van der Waals surface area contributed by atoms with Gasteiger partial charge in [-0.1, -0.05) is 12.1 Å². The molecule has 76 valence electrons. The van der Waals surface area contributed by atoms with E-state index in [0.717, 1.165) is 18.6 Å². The van der Waals surface area contributed by atoms with Crippen molar-refractivity contribution < 1.29 is 4.74 Å². The highest BCUT2D eigenvalue weighted by Gasteiger charge is 2.21. The lowest BCUT2D eigenvalue weighted by molar-refractivity contribution is 0.397. The second-order valence-electron chi connectivity index (χ2n) is 3.64. The zero-order valence-electron chi connectivity index (χ0n) is 8.42. The Hall–Kier alpha value is -1.06. The summed E-state index contributed by atoms with van der Waals surface area (Å²) in [6.45, 7) is 0. The molecule has 1 aliphatic rings. The van der Waals surface area contributed by atoms with E-state index >= 15 is 0 Å². The van der Waals surface area contributed by atoms with Gasteiger partial charge in [-0.3, -0.25) is 11.3 Å². The lowest BCUT2D eigenvalue weighted by Crippen LogP contribution is -2.30. The third-order valence-corrected chi connectivity index (χ3v) is 2.89. The minimum Gasteiger partial charge on any atom is -0.496 e. The van der Waals surface area contributed by atoms with Gasteiger partial charge < -0.3 is 4.74 Å². The van der Waals surface area contributed by atoms with Crippen molar-refractivity contribution in [1.29, 1.82) is 0 Å². The van der Waals surface area contributed by atoms with Gasteiger partial charge in [0.15, 0.2) is 0 Å². The van der Waals surface area contributed by atoms with Crippen LogP contribution in [0.4, 0.5) is 0 Å². The molecule has 1 atom stereocenters. The molecule has 0 unspecified atom stereocenters. The van der Waals surface area contributed by atoms with Crippen LogP contribution in [0.25, 0.3) is 0 Å². The average molecular weight is 192 g/mol. The number of benzene rings is 1. The van der Waals surface area contributed by atoms with Gasteiger partial charge in [0.25, 0.3) is 0 Å². The second kappa shape index (κ2) is 3.98. The fraction of sp³-hybridized carbons (Fsp3) is 0.455. The summed E-state index contributed by atoms with van der Waals surface area (Å²) in [5, 5.41) is 0. The fourth-order valence-electron chi connectivity index (χ4n) is 2.18. The van der Waals surface area contributed by atoms with E-state index in [4.69, 9.17) is 10.6 Å². The first kappa shape index (κ1) is 9.49. The normalized spacial score (nSPS) is 20.3. The number of hydrogen-bond acceptors (Lipinski definition) is 3. The zero-order valence-corrected chi connectivity index (χ0v) is 8.42. The van der Waals surface area contributed by atoms with Crippen molar-refractivity contribution in [3.8, 4) is 5.75 Å². The Morgan fingerprint density at radius 2 is 2.36 bits per heavy atom. The summed E-state index contributed by atoms with van der Waals surface area (Å²) >= 11 is 0. The van der Waals surface area contributed by atoms with Crippen LogP contribution in [0.5, 0.6) is 5.75 Å². The Labute approximate surface area is 84.2 Å². The van der Waals surface area contributed by atoms with Crippen LogP contribution in [-0.2, 0) is 6.42 Å². The Balaban J connectivity index is 2.43. The van der Waals surface area contributed by atoms with E-state index < -0.39 is 0 Å². The summed E-state index contributed by atoms with van der Waals surface area (Å²) in [5.74, 6) is 6.51. The van der Waals surface area contributed by atoms with E-state index in [-0.39, 0.29) is 6.04 Å². The third-order valence-electron chi connectivity index (χ3n) is 2.89. The van der Waals surface area contributed by atoms with E-state index in [1.54, 1.807) is 7.11 Å². The summed E-state index contributed by atoms with van der Waals surface area (Å²) in [6, 6.07) is 6.45. The van der Waals surface area contributed by atoms with Gasteiger partial charge >= 0.3 is 0 Å². The summed E-state index contributed by atoms with van der Waals surface area (Å²) in [6.07, 6.45) is 3.37. The molecule has 0 radical (unpaired) electrons. The SMILES string of the molecule is COc1cccc2c1CCC[C@H]2NN. The first-order valence-corrected chi connectivity index (χ1v) is 4.98. The van der Waals surface area contributed by atoms with Crippen molar-refractivity contribution in [3.63, 3.8) is 0 Å². The van der Waals surface area contributed by atoms with Gasteiger partial charge in [0, 0.05) is 6.04 Å². The average Bonchev–Trinajstić information content (AvgIpc) is 2.27. The maximum absolute atomic E-state index is 5.52. The van der Waals surface area contributed by atoms with Gasteiger partial charge in [0.2, 0.25) is 0 Å². The van der Waals surface area contributed by atoms with Crippen molar-refractivity contribution in [2.24, 2.45) is 5.84 Å². The van der Waals surface area contributed by atoms with Crippen molar-refractivity contribution in [2.75, 3.05) is 7.11 Å². The zero-order chi connectivity index (χ0) is 9.97. The van der Waals surface area contributed by atoms with Gasteiger partial charge in [0.1, 0.15) is 5.75 Å². The van der Waals surface area contributed by atoms with E-state index in [1.165, 1.54) is 17.5 Å². The van der Waals surface area contributed by atoms with E-state index in [0.29, 0.717) is 0 Å². The van der Waals surface area contributed by atoms with Crippen molar-refractivity contribution in [1.82, 2.24) is 5.43 Å². The molecule has 2 rings (SSSR count). The maximum atomic E-state index is 5.52. The number of nitrogens with two attached hydrogens (primary N) is 1. The molecule has 0 bridgehead atoms. The molecule has 3 heteroatoms. The minimum absolute atomic E-state index is 0.286. The van der Waals surface area contributed by atoms with Crippen LogP contribution in [-0.4, -0.2) is 7.11 Å². The van der Waals surface area contributed by atoms with Gasteiger partial charge in [0.05, 0.1) is 7.11 Å². The maximum Gasteiger partial charge on any atom is 0.122 e. The molecule has 0 spiro atoms. The minimum atomic E-state index is 0.286. The molecule has 0 heterocycles. The highest BCUT2D eigenvalue weighted by atomic mass is 16.5. The van der Waals surface area contributed by atoms with Crippen molar-refractivity contribution >= 4 is 0 Å². The molecule has 14 heavy (non-hydrogen) atoms. The summed E-state index contributed by atoms with van der Waals surface area (Å²) in [4.78, 5) is 0. The second-order valence-corrected chi connectivity index (χ2v) is 3.64. The Morgan fingerprint density at radius 3 is 3.07 bits per heavy atom. The predicted molar refractivity (Wildman–Crippen MR) is 56.0 cm³/mol. The first-order valence-electron chi connectivity index (χ1n) is 4.98. The molecule has 3 nitrogen and oxygen atoms in total. The van der Waals surface area contributed by atoms with E-state index in [1.807, 2.05) is 12.1 Å². The first-order chi connectivity index (χ1) is 6.86. The third kappa shape index (κ3) is 1.49. The summed E-state index contributed by atoms with van der Waals surface area (Å²) in [7, 11) is 1.72. The van der Waals surface area contributed by atoms with Gasteiger partial charge in [-0.15, -0.1) is 0 Å². The molecular weight excluding hydrogens is 176 g/mol. The molecule has 0 amide bonds. The molecule has 3 N–H and O–H groups in total. The molecule has 0 fully saturated rings. The molecule has 1 aliphatic carbocycles. The van der Waals surface area contributed by atoms with Crippen molar-refractivity contribution in [3.05, 3.63) is 29.3 Å². The van der Waals surface area contributed by atoms with Gasteiger partial charge in [-0.25, -0.2) is 0 Å². The smallest absolute Gasteiger partial charge is 0.122 e.